The number of fused-ring (bicyclic) bond motifs is 2. The standard InChI is InChI=1S/C28H35N7O2/c1-17-24(37-4)13-22(31-30-17)18-6-9-21(23(36)12-18)26-29-16-25(32-33-26)35(19-7-8-19)20-14-27(2)10-5-11-28(3,15-20)34-27/h6,9,12-13,16,19-20,34,36H,5,7-8,10-11,14-15H2,1-4H3/t20-,27-,28+. The average molecular weight is 502 g/mol. The molecule has 37 heavy (non-hydrogen) atoms. The van der Waals surface area contributed by atoms with Crippen LogP contribution in [0.2, 0.25) is 0 Å². The van der Waals surface area contributed by atoms with Crippen LogP contribution >= 0.6 is 0 Å². The predicted octanol–water partition coefficient (Wildman–Crippen LogP) is 4.44. The van der Waals surface area contributed by atoms with Gasteiger partial charge in [0.1, 0.15) is 17.2 Å². The molecule has 0 radical (unpaired) electrons. The highest BCUT2D eigenvalue weighted by Gasteiger charge is 2.49. The fourth-order valence-corrected chi connectivity index (χ4v) is 6.54. The number of nitrogens with zero attached hydrogens (tertiary/aromatic N) is 6. The van der Waals surface area contributed by atoms with E-state index in [1.165, 1.54) is 32.1 Å². The molecule has 2 N–H and O–H groups in total. The molecule has 1 saturated carbocycles. The van der Waals surface area contributed by atoms with Gasteiger partial charge in [-0.3, -0.25) is 0 Å². The molecule has 194 valence electrons. The number of phenols is 1. The third kappa shape index (κ3) is 4.61. The van der Waals surface area contributed by atoms with Crippen molar-refractivity contribution in [3.63, 3.8) is 0 Å². The van der Waals surface area contributed by atoms with Gasteiger partial charge in [-0.25, -0.2) is 4.98 Å². The highest BCUT2D eigenvalue weighted by Crippen LogP contribution is 2.45. The molecule has 3 aromatic rings. The van der Waals surface area contributed by atoms with Crippen LogP contribution in [0.1, 0.15) is 64.5 Å². The number of hydrogen-bond acceptors (Lipinski definition) is 9. The van der Waals surface area contributed by atoms with Gasteiger partial charge in [-0.15, -0.1) is 15.3 Å². The molecule has 0 spiro atoms. The number of aromatic hydroxyl groups is 1. The van der Waals surface area contributed by atoms with Crippen molar-refractivity contribution in [2.24, 2.45) is 0 Å². The van der Waals surface area contributed by atoms with Crippen molar-refractivity contribution in [1.29, 1.82) is 0 Å². The Labute approximate surface area is 217 Å². The zero-order valence-corrected chi connectivity index (χ0v) is 22.0. The van der Waals surface area contributed by atoms with Crippen molar-refractivity contribution in [2.75, 3.05) is 12.0 Å². The molecule has 9 nitrogen and oxygen atoms in total. The summed E-state index contributed by atoms with van der Waals surface area (Å²) in [6.07, 6.45) is 10.2. The van der Waals surface area contributed by atoms with Crippen LogP contribution < -0.4 is 15.0 Å². The number of rotatable bonds is 6. The molecule has 2 aromatic heterocycles. The van der Waals surface area contributed by atoms with Crippen LogP contribution in [0.25, 0.3) is 22.6 Å². The smallest absolute Gasteiger partial charge is 0.185 e. The lowest BCUT2D eigenvalue weighted by molar-refractivity contribution is 0.0766. The first-order chi connectivity index (χ1) is 17.8. The van der Waals surface area contributed by atoms with Gasteiger partial charge < -0.3 is 20.1 Å². The maximum absolute atomic E-state index is 10.8. The van der Waals surface area contributed by atoms with Gasteiger partial charge in [0, 0.05) is 34.8 Å². The van der Waals surface area contributed by atoms with Gasteiger partial charge in [0.2, 0.25) is 0 Å². The second kappa shape index (κ2) is 8.90. The van der Waals surface area contributed by atoms with Gasteiger partial charge in [-0.1, -0.05) is 6.07 Å². The first kappa shape index (κ1) is 24.0. The van der Waals surface area contributed by atoms with E-state index in [1.807, 2.05) is 25.3 Å². The fourth-order valence-electron chi connectivity index (χ4n) is 6.54. The molecule has 9 heteroatoms. The van der Waals surface area contributed by atoms with Crippen LogP contribution in [0.5, 0.6) is 11.5 Å². The lowest BCUT2D eigenvalue weighted by Gasteiger charge is -2.55. The Bertz CT molecular complexity index is 1290. The fraction of sp³-hybridized carbons (Fsp3) is 0.536. The Balaban J connectivity index is 1.25. The summed E-state index contributed by atoms with van der Waals surface area (Å²) in [6, 6.07) is 8.06. The third-order valence-corrected chi connectivity index (χ3v) is 8.27. The molecule has 0 amide bonds. The average Bonchev–Trinajstić information content (AvgIpc) is 3.69. The summed E-state index contributed by atoms with van der Waals surface area (Å²) in [5, 5.41) is 32.2. The molecule has 3 aliphatic rings. The number of piperidine rings is 2. The van der Waals surface area contributed by atoms with Crippen LogP contribution in [0, 0.1) is 6.92 Å². The number of ether oxygens (including phenoxy) is 1. The van der Waals surface area contributed by atoms with Crippen LogP contribution in [-0.2, 0) is 0 Å². The SMILES string of the molecule is COc1cc(-c2ccc(-c3ncc(N(C4CC4)[C@H]4C[C@]5(C)CCC[C@](C)(C4)N5)nn3)c(O)c2)nnc1C. The quantitative estimate of drug-likeness (QED) is 0.506. The van der Waals surface area contributed by atoms with Gasteiger partial charge in [-0.05, 0) is 77.8 Å². The molecule has 1 aromatic carbocycles. The molecule has 0 unspecified atom stereocenters. The first-order valence-corrected chi connectivity index (χ1v) is 13.3. The van der Waals surface area contributed by atoms with Crippen LogP contribution in [0.3, 0.4) is 0 Å². The van der Waals surface area contributed by atoms with E-state index in [0.29, 0.717) is 40.6 Å². The second-order valence-electron chi connectivity index (χ2n) is 11.6. The van der Waals surface area contributed by atoms with Crippen LogP contribution in [0.15, 0.2) is 30.5 Å². The number of nitrogens with one attached hydrogen (secondary N) is 1. The number of phenolic OH excluding ortho intramolecular Hbond substituents is 1. The van der Waals surface area contributed by atoms with Gasteiger partial charge in [0.05, 0.1) is 24.6 Å². The van der Waals surface area contributed by atoms with Gasteiger partial charge >= 0.3 is 0 Å². The molecular formula is C28H35N7O2. The molecule has 1 aliphatic carbocycles. The molecular weight excluding hydrogens is 466 g/mol. The van der Waals surface area contributed by atoms with E-state index >= 15 is 0 Å². The maximum atomic E-state index is 10.8. The predicted molar refractivity (Wildman–Crippen MR) is 142 cm³/mol. The summed E-state index contributed by atoms with van der Waals surface area (Å²) in [5.74, 6) is 1.95. The van der Waals surface area contributed by atoms with E-state index in [2.05, 4.69) is 49.4 Å². The van der Waals surface area contributed by atoms with Crippen molar-refractivity contribution in [3.05, 3.63) is 36.2 Å². The Hall–Kier alpha value is -3.33. The second-order valence-corrected chi connectivity index (χ2v) is 11.6. The van der Waals surface area contributed by atoms with Gasteiger partial charge in [0.15, 0.2) is 11.6 Å². The summed E-state index contributed by atoms with van der Waals surface area (Å²) in [7, 11) is 1.60. The van der Waals surface area contributed by atoms with Gasteiger partial charge in [0.25, 0.3) is 0 Å². The number of hydrogen-bond donors (Lipinski definition) is 2. The number of methoxy groups -OCH3 is 1. The topological polar surface area (TPSA) is 109 Å². The number of aryl methyl sites for hydroxylation is 1. The first-order valence-electron chi connectivity index (χ1n) is 13.3. The van der Waals surface area contributed by atoms with E-state index in [9.17, 15) is 5.11 Å². The Morgan fingerprint density at radius 2 is 1.76 bits per heavy atom. The Morgan fingerprint density at radius 1 is 1.00 bits per heavy atom. The lowest BCUT2D eigenvalue weighted by atomic mass is 9.69. The summed E-state index contributed by atoms with van der Waals surface area (Å²) < 4.78 is 5.36. The van der Waals surface area contributed by atoms with E-state index < -0.39 is 0 Å². The highest BCUT2D eigenvalue weighted by atomic mass is 16.5. The minimum atomic E-state index is 0.0690. The van der Waals surface area contributed by atoms with Crippen molar-refractivity contribution in [3.8, 4) is 34.1 Å². The van der Waals surface area contributed by atoms with Crippen molar-refractivity contribution in [1.82, 2.24) is 30.7 Å². The molecule has 2 aliphatic heterocycles. The third-order valence-electron chi connectivity index (χ3n) is 8.27. The van der Waals surface area contributed by atoms with Crippen LogP contribution in [0.4, 0.5) is 5.82 Å². The number of aromatic nitrogens is 5. The summed E-state index contributed by atoms with van der Waals surface area (Å²) in [4.78, 5) is 7.13. The summed E-state index contributed by atoms with van der Waals surface area (Å²) in [5.41, 5.74) is 2.93. The molecule has 2 bridgehead atoms. The molecule has 4 heterocycles. The van der Waals surface area contributed by atoms with Gasteiger partial charge in [-0.2, -0.15) is 5.10 Å². The van der Waals surface area contributed by atoms with E-state index in [1.54, 1.807) is 19.2 Å². The number of benzene rings is 1. The minimum absolute atomic E-state index is 0.0690. The molecule has 6 rings (SSSR count). The highest BCUT2D eigenvalue weighted by molar-refractivity contribution is 5.71. The Morgan fingerprint density at radius 3 is 2.38 bits per heavy atom. The van der Waals surface area contributed by atoms with Crippen molar-refractivity contribution < 1.29 is 9.84 Å². The van der Waals surface area contributed by atoms with E-state index in [4.69, 9.17) is 4.74 Å². The summed E-state index contributed by atoms with van der Waals surface area (Å²) in [6.45, 7) is 6.59. The lowest BCUT2D eigenvalue weighted by Crippen LogP contribution is -2.67. The van der Waals surface area contributed by atoms with Crippen LogP contribution in [-0.4, -0.2) is 60.8 Å². The number of anilines is 1. The monoisotopic (exact) mass is 501 g/mol. The van der Waals surface area contributed by atoms with Crippen molar-refractivity contribution >= 4 is 5.82 Å². The maximum Gasteiger partial charge on any atom is 0.185 e. The Kier molecular flexibility index (Phi) is 5.78. The van der Waals surface area contributed by atoms with E-state index in [-0.39, 0.29) is 16.8 Å². The molecule has 2 saturated heterocycles. The zero-order valence-electron chi connectivity index (χ0n) is 22.0. The largest absolute Gasteiger partial charge is 0.507 e. The summed E-state index contributed by atoms with van der Waals surface area (Å²) >= 11 is 0. The van der Waals surface area contributed by atoms with Crippen molar-refractivity contribution in [2.45, 2.75) is 88.9 Å². The normalized spacial score (nSPS) is 27.1. The zero-order chi connectivity index (χ0) is 25.8. The molecule has 3 fully saturated rings. The van der Waals surface area contributed by atoms with E-state index in [0.717, 1.165) is 24.2 Å². The minimum Gasteiger partial charge on any atom is -0.507 e. The molecule has 3 atom stereocenters.